The van der Waals surface area contributed by atoms with Gasteiger partial charge in [-0.1, -0.05) is 6.07 Å². The summed E-state index contributed by atoms with van der Waals surface area (Å²) in [7, 11) is 1.61. The van der Waals surface area contributed by atoms with Gasteiger partial charge < -0.3 is 9.64 Å². The SMILES string of the molecule is COc1ccc(C(=O)N2CCC[C@@H]2c2nnc3ccccn23)cc1. The molecule has 0 aliphatic carbocycles. The Morgan fingerprint density at radius 2 is 2.00 bits per heavy atom. The van der Waals surface area contributed by atoms with Crippen LogP contribution in [0.1, 0.15) is 35.1 Å². The first-order valence-electron chi connectivity index (χ1n) is 8.02. The first kappa shape index (κ1) is 14.7. The molecule has 1 aliphatic heterocycles. The summed E-state index contributed by atoms with van der Waals surface area (Å²) in [5.41, 5.74) is 1.47. The third-order valence-electron chi connectivity index (χ3n) is 4.49. The van der Waals surface area contributed by atoms with E-state index in [0.717, 1.165) is 36.6 Å². The fraction of sp³-hybridized carbons (Fsp3) is 0.278. The topological polar surface area (TPSA) is 59.7 Å². The lowest BCUT2D eigenvalue weighted by Gasteiger charge is -2.23. The summed E-state index contributed by atoms with van der Waals surface area (Å²) in [6, 6.07) is 13.0. The number of methoxy groups -OCH3 is 1. The van der Waals surface area contributed by atoms with E-state index in [0.29, 0.717) is 5.56 Å². The van der Waals surface area contributed by atoms with Crippen LogP contribution in [0.15, 0.2) is 48.7 Å². The second kappa shape index (κ2) is 5.96. The summed E-state index contributed by atoms with van der Waals surface area (Å²) >= 11 is 0. The highest BCUT2D eigenvalue weighted by Crippen LogP contribution is 2.32. The van der Waals surface area contributed by atoms with Gasteiger partial charge in [-0.25, -0.2) is 0 Å². The average molecular weight is 322 g/mol. The number of hydrogen-bond acceptors (Lipinski definition) is 4. The van der Waals surface area contributed by atoms with Crippen LogP contribution in [0.2, 0.25) is 0 Å². The Morgan fingerprint density at radius 1 is 1.17 bits per heavy atom. The molecule has 0 unspecified atom stereocenters. The standard InChI is InChI=1S/C18H18N4O2/c1-24-14-9-7-13(8-10-14)18(23)21-12-4-5-15(21)17-20-19-16-6-2-3-11-22(16)17/h2-3,6-11,15H,4-5,12H2,1H3/t15-/m1/s1. The molecule has 6 heteroatoms. The number of carbonyl (C=O) groups is 1. The largest absolute Gasteiger partial charge is 0.497 e. The van der Waals surface area contributed by atoms with E-state index < -0.39 is 0 Å². The third kappa shape index (κ3) is 2.40. The maximum atomic E-state index is 12.9. The zero-order chi connectivity index (χ0) is 16.5. The number of aromatic nitrogens is 3. The van der Waals surface area contributed by atoms with Crippen LogP contribution < -0.4 is 4.74 Å². The number of pyridine rings is 1. The molecule has 1 saturated heterocycles. The molecule has 1 aromatic carbocycles. The number of likely N-dealkylation sites (tertiary alicyclic amines) is 1. The van der Waals surface area contributed by atoms with Gasteiger partial charge in [0.15, 0.2) is 11.5 Å². The Balaban J connectivity index is 1.65. The summed E-state index contributed by atoms with van der Waals surface area (Å²) in [5.74, 6) is 1.59. The van der Waals surface area contributed by atoms with E-state index in [2.05, 4.69) is 10.2 Å². The van der Waals surface area contributed by atoms with Gasteiger partial charge in [-0.05, 0) is 49.2 Å². The van der Waals surface area contributed by atoms with Gasteiger partial charge in [0.1, 0.15) is 5.75 Å². The summed E-state index contributed by atoms with van der Waals surface area (Å²) in [4.78, 5) is 14.8. The summed E-state index contributed by atoms with van der Waals surface area (Å²) < 4.78 is 7.12. The molecule has 0 spiro atoms. The Hall–Kier alpha value is -2.89. The lowest BCUT2D eigenvalue weighted by molar-refractivity contribution is 0.0729. The minimum atomic E-state index is -0.0444. The highest BCUT2D eigenvalue weighted by molar-refractivity contribution is 5.94. The van der Waals surface area contributed by atoms with E-state index in [9.17, 15) is 4.79 Å². The lowest BCUT2D eigenvalue weighted by Crippen LogP contribution is -2.31. The van der Waals surface area contributed by atoms with Gasteiger partial charge in [-0.15, -0.1) is 10.2 Å². The number of hydrogen-bond donors (Lipinski definition) is 0. The van der Waals surface area contributed by atoms with E-state index in [-0.39, 0.29) is 11.9 Å². The van der Waals surface area contributed by atoms with E-state index in [4.69, 9.17) is 4.74 Å². The van der Waals surface area contributed by atoms with Crippen LogP contribution in [0.4, 0.5) is 0 Å². The van der Waals surface area contributed by atoms with Crippen LogP contribution >= 0.6 is 0 Å². The summed E-state index contributed by atoms with van der Waals surface area (Å²) in [6.45, 7) is 0.733. The Morgan fingerprint density at radius 3 is 2.79 bits per heavy atom. The molecule has 0 N–H and O–H groups in total. The number of benzene rings is 1. The van der Waals surface area contributed by atoms with Gasteiger partial charge in [-0.2, -0.15) is 0 Å². The first-order chi connectivity index (χ1) is 11.8. The van der Waals surface area contributed by atoms with Crippen molar-refractivity contribution in [2.75, 3.05) is 13.7 Å². The maximum Gasteiger partial charge on any atom is 0.254 e. The summed E-state index contributed by atoms with van der Waals surface area (Å²) in [6.07, 6.45) is 3.81. The molecule has 24 heavy (non-hydrogen) atoms. The van der Waals surface area contributed by atoms with Gasteiger partial charge in [-0.3, -0.25) is 9.20 Å². The van der Waals surface area contributed by atoms with Crippen LogP contribution in [0.5, 0.6) is 5.75 Å². The zero-order valence-electron chi connectivity index (χ0n) is 13.4. The molecule has 1 amide bonds. The molecule has 4 rings (SSSR count). The van der Waals surface area contributed by atoms with Crippen LogP contribution in [0.3, 0.4) is 0 Å². The van der Waals surface area contributed by atoms with Crippen molar-refractivity contribution in [3.8, 4) is 5.75 Å². The number of nitrogens with zero attached hydrogens (tertiary/aromatic N) is 4. The fourth-order valence-electron chi connectivity index (χ4n) is 3.26. The van der Waals surface area contributed by atoms with Crippen LogP contribution in [0.25, 0.3) is 5.65 Å². The Kier molecular flexibility index (Phi) is 3.65. The van der Waals surface area contributed by atoms with Crippen molar-refractivity contribution in [3.05, 3.63) is 60.0 Å². The molecule has 3 aromatic rings. The van der Waals surface area contributed by atoms with Crippen molar-refractivity contribution < 1.29 is 9.53 Å². The zero-order valence-corrected chi connectivity index (χ0v) is 13.4. The smallest absolute Gasteiger partial charge is 0.254 e. The van der Waals surface area contributed by atoms with E-state index in [1.54, 1.807) is 19.2 Å². The monoisotopic (exact) mass is 322 g/mol. The van der Waals surface area contributed by atoms with Gasteiger partial charge in [0.25, 0.3) is 5.91 Å². The Bertz CT molecular complexity index is 872. The molecule has 0 radical (unpaired) electrons. The molecule has 6 nitrogen and oxygen atoms in total. The minimum absolute atomic E-state index is 0.0211. The first-order valence-corrected chi connectivity index (χ1v) is 8.02. The highest BCUT2D eigenvalue weighted by Gasteiger charge is 2.33. The molecule has 1 fully saturated rings. The second-order valence-corrected chi connectivity index (χ2v) is 5.87. The van der Waals surface area contributed by atoms with E-state index in [1.807, 2.05) is 45.8 Å². The van der Waals surface area contributed by atoms with Gasteiger partial charge in [0.05, 0.1) is 13.2 Å². The Labute approximate surface area is 139 Å². The van der Waals surface area contributed by atoms with Crippen molar-refractivity contribution in [2.24, 2.45) is 0 Å². The van der Waals surface area contributed by atoms with Gasteiger partial charge in [0, 0.05) is 18.3 Å². The summed E-state index contributed by atoms with van der Waals surface area (Å²) in [5, 5.41) is 8.54. The van der Waals surface area contributed by atoms with Crippen molar-refractivity contribution in [3.63, 3.8) is 0 Å². The molecule has 0 bridgehead atoms. The molecule has 0 saturated carbocycles. The molecule has 1 aliphatic rings. The average Bonchev–Trinajstić information content (AvgIpc) is 3.27. The van der Waals surface area contributed by atoms with Crippen molar-refractivity contribution in [1.82, 2.24) is 19.5 Å². The van der Waals surface area contributed by atoms with Crippen molar-refractivity contribution >= 4 is 11.6 Å². The predicted molar refractivity (Wildman–Crippen MR) is 89.0 cm³/mol. The second-order valence-electron chi connectivity index (χ2n) is 5.87. The normalized spacial score (nSPS) is 17.4. The van der Waals surface area contributed by atoms with Gasteiger partial charge in [0.2, 0.25) is 0 Å². The molecule has 1 atom stereocenters. The quantitative estimate of drug-likeness (QED) is 0.744. The van der Waals surface area contributed by atoms with Crippen LogP contribution in [-0.2, 0) is 0 Å². The molecular weight excluding hydrogens is 304 g/mol. The number of ether oxygens (including phenoxy) is 1. The number of amides is 1. The molecule has 122 valence electrons. The maximum absolute atomic E-state index is 12.9. The predicted octanol–water partition coefficient (Wildman–Crippen LogP) is 2.72. The van der Waals surface area contributed by atoms with Gasteiger partial charge >= 0.3 is 0 Å². The highest BCUT2D eigenvalue weighted by atomic mass is 16.5. The minimum Gasteiger partial charge on any atom is -0.497 e. The molecule has 3 heterocycles. The fourth-order valence-corrected chi connectivity index (χ4v) is 3.26. The number of fused-ring (bicyclic) bond motifs is 1. The van der Waals surface area contributed by atoms with Crippen molar-refractivity contribution in [2.45, 2.75) is 18.9 Å². The van der Waals surface area contributed by atoms with E-state index in [1.165, 1.54) is 0 Å². The number of carbonyl (C=O) groups excluding carboxylic acids is 1. The lowest BCUT2D eigenvalue weighted by atomic mass is 10.1. The van der Waals surface area contributed by atoms with Crippen molar-refractivity contribution in [1.29, 1.82) is 0 Å². The molecule has 2 aromatic heterocycles. The van der Waals surface area contributed by atoms with Crippen LogP contribution in [-0.4, -0.2) is 39.1 Å². The third-order valence-corrected chi connectivity index (χ3v) is 4.49. The molecular formula is C18H18N4O2. The number of rotatable bonds is 3. The van der Waals surface area contributed by atoms with Crippen LogP contribution in [0, 0.1) is 0 Å². The van der Waals surface area contributed by atoms with E-state index >= 15 is 0 Å².